The van der Waals surface area contributed by atoms with Gasteiger partial charge < -0.3 is 5.32 Å². The van der Waals surface area contributed by atoms with E-state index in [0.29, 0.717) is 5.54 Å². The SMILES string of the molecule is c1ccc(C[C@]2(N3CCCCC3)CCNC2)cc1. The van der Waals surface area contributed by atoms with Crippen molar-refractivity contribution in [3.63, 3.8) is 0 Å². The Morgan fingerprint density at radius 1 is 1.06 bits per heavy atom. The fourth-order valence-corrected chi connectivity index (χ4v) is 3.61. The van der Waals surface area contributed by atoms with E-state index in [1.54, 1.807) is 0 Å². The lowest BCUT2D eigenvalue weighted by atomic mass is 9.86. The smallest absolute Gasteiger partial charge is 0.0386 e. The van der Waals surface area contributed by atoms with Crippen molar-refractivity contribution in [1.82, 2.24) is 10.2 Å². The van der Waals surface area contributed by atoms with E-state index in [-0.39, 0.29) is 0 Å². The number of benzene rings is 1. The summed E-state index contributed by atoms with van der Waals surface area (Å²) in [7, 11) is 0. The van der Waals surface area contributed by atoms with Crippen LogP contribution in [0.2, 0.25) is 0 Å². The summed E-state index contributed by atoms with van der Waals surface area (Å²) in [4.78, 5) is 2.77. The van der Waals surface area contributed by atoms with Crippen LogP contribution in [0.4, 0.5) is 0 Å². The number of hydrogen-bond acceptors (Lipinski definition) is 2. The molecule has 0 aromatic heterocycles. The summed E-state index contributed by atoms with van der Waals surface area (Å²) in [5, 5.41) is 3.59. The van der Waals surface area contributed by atoms with Crippen LogP contribution in [0.15, 0.2) is 30.3 Å². The van der Waals surface area contributed by atoms with Gasteiger partial charge in [-0.25, -0.2) is 0 Å². The minimum atomic E-state index is 0.391. The fourth-order valence-electron chi connectivity index (χ4n) is 3.61. The largest absolute Gasteiger partial charge is 0.315 e. The van der Waals surface area contributed by atoms with Gasteiger partial charge in [-0.05, 0) is 50.9 Å². The van der Waals surface area contributed by atoms with Crippen LogP contribution < -0.4 is 5.32 Å². The third kappa shape index (κ3) is 2.45. The van der Waals surface area contributed by atoms with Gasteiger partial charge in [0.2, 0.25) is 0 Å². The van der Waals surface area contributed by atoms with Gasteiger partial charge in [0.05, 0.1) is 0 Å². The lowest BCUT2D eigenvalue weighted by Crippen LogP contribution is -2.53. The van der Waals surface area contributed by atoms with Gasteiger partial charge in [0.15, 0.2) is 0 Å². The van der Waals surface area contributed by atoms with Crippen molar-refractivity contribution in [3.8, 4) is 0 Å². The van der Waals surface area contributed by atoms with Gasteiger partial charge in [-0.2, -0.15) is 0 Å². The van der Waals surface area contributed by atoms with Crippen LogP contribution in [-0.4, -0.2) is 36.6 Å². The molecule has 1 aromatic carbocycles. The molecule has 1 atom stereocenters. The minimum absolute atomic E-state index is 0.391. The highest BCUT2D eigenvalue weighted by atomic mass is 15.2. The van der Waals surface area contributed by atoms with Crippen molar-refractivity contribution in [2.45, 2.75) is 37.6 Å². The Balaban J connectivity index is 1.78. The predicted octanol–water partition coefficient (Wildman–Crippen LogP) is 2.45. The summed E-state index contributed by atoms with van der Waals surface area (Å²) in [6.45, 7) is 4.95. The summed E-state index contributed by atoms with van der Waals surface area (Å²) in [5.41, 5.74) is 1.88. The molecule has 0 aliphatic carbocycles. The van der Waals surface area contributed by atoms with E-state index in [4.69, 9.17) is 0 Å². The number of piperidine rings is 1. The molecule has 1 aromatic rings. The molecule has 0 unspecified atom stereocenters. The zero-order chi connectivity index (χ0) is 12.3. The van der Waals surface area contributed by atoms with Gasteiger partial charge in [-0.15, -0.1) is 0 Å². The number of hydrogen-bond donors (Lipinski definition) is 1. The van der Waals surface area contributed by atoms with Crippen LogP contribution in [0.25, 0.3) is 0 Å². The third-order valence-electron chi connectivity index (χ3n) is 4.62. The molecular formula is C16H24N2. The summed E-state index contributed by atoms with van der Waals surface area (Å²) in [6.07, 6.45) is 6.71. The predicted molar refractivity (Wildman–Crippen MR) is 75.8 cm³/mol. The molecule has 18 heavy (non-hydrogen) atoms. The van der Waals surface area contributed by atoms with Crippen molar-refractivity contribution in [2.24, 2.45) is 0 Å². The van der Waals surface area contributed by atoms with Crippen LogP contribution in [0.1, 0.15) is 31.2 Å². The maximum Gasteiger partial charge on any atom is 0.0386 e. The minimum Gasteiger partial charge on any atom is -0.315 e. The van der Waals surface area contributed by atoms with Crippen LogP contribution in [0, 0.1) is 0 Å². The molecule has 3 rings (SSSR count). The fraction of sp³-hybridized carbons (Fsp3) is 0.625. The molecule has 98 valence electrons. The second-order valence-corrected chi connectivity index (χ2v) is 5.86. The third-order valence-corrected chi connectivity index (χ3v) is 4.62. The maximum atomic E-state index is 3.59. The molecule has 1 N–H and O–H groups in total. The summed E-state index contributed by atoms with van der Waals surface area (Å²) >= 11 is 0. The molecular weight excluding hydrogens is 220 g/mol. The molecule has 2 heteroatoms. The van der Waals surface area contributed by atoms with E-state index in [1.165, 1.54) is 63.8 Å². The molecule has 0 saturated carbocycles. The highest BCUT2D eigenvalue weighted by molar-refractivity contribution is 5.19. The highest BCUT2D eigenvalue weighted by Crippen LogP contribution is 2.30. The molecule has 2 heterocycles. The summed E-state index contributed by atoms with van der Waals surface area (Å²) < 4.78 is 0. The molecule has 0 spiro atoms. The van der Waals surface area contributed by atoms with E-state index in [1.807, 2.05) is 0 Å². The van der Waals surface area contributed by atoms with E-state index in [9.17, 15) is 0 Å². The van der Waals surface area contributed by atoms with E-state index >= 15 is 0 Å². The molecule has 2 nitrogen and oxygen atoms in total. The second-order valence-electron chi connectivity index (χ2n) is 5.86. The van der Waals surface area contributed by atoms with E-state index < -0.39 is 0 Å². The first-order chi connectivity index (χ1) is 8.89. The van der Waals surface area contributed by atoms with Crippen molar-refractivity contribution >= 4 is 0 Å². The van der Waals surface area contributed by atoms with E-state index in [2.05, 4.69) is 40.5 Å². The average molecular weight is 244 g/mol. The Morgan fingerprint density at radius 2 is 1.83 bits per heavy atom. The highest BCUT2D eigenvalue weighted by Gasteiger charge is 2.39. The molecule has 2 aliphatic heterocycles. The maximum absolute atomic E-state index is 3.59. The monoisotopic (exact) mass is 244 g/mol. The van der Waals surface area contributed by atoms with Crippen LogP contribution >= 0.6 is 0 Å². The standard InChI is InChI=1S/C16H24N2/c1-3-7-15(8-4-1)13-16(9-10-17-14-16)18-11-5-2-6-12-18/h1,3-4,7-8,17H,2,5-6,9-14H2/t16-/m1/s1. The Morgan fingerprint density at radius 3 is 2.50 bits per heavy atom. The number of nitrogens with one attached hydrogen (secondary N) is 1. The van der Waals surface area contributed by atoms with Crippen LogP contribution in [-0.2, 0) is 6.42 Å². The topological polar surface area (TPSA) is 15.3 Å². The second kappa shape index (κ2) is 5.41. The van der Waals surface area contributed by atoms with Crippen molar-refractivity contribution in [2.75, 3.05) is 26.2 Å². The zero-order valence-corrected chi connectivity index (χ0v) is 11.2. The molecule has 0 radical (unpaired) electrons. The Bertz CT molecular complexity index is 362. The van der Waals surface area contributed by atoms with Crippen LogP contribution in [0.3, 0.4) is 0 Å². The van der Waals surface area contributed by atoms with Gasteiger partial charge in [0.1, 0.15) is 0 Å². The lowest BCUT2D eigenvalue weighted by Gasteiger charge is -2.43. The van der Waals surface area contributed by atoms with Gasteiger partial charge in [0.25, 0.3) is 0 Å². The Kier molecular flexibility index (Phi) is 3.67. The number of rotatable bonds is 3. The van der Waals surface area contributed by atoms with Crippen molar-refractivity contribution < 1.29 is 0 Å². The molecule has 2 saturated heterocycles. The molecule has 0 bridgehead atoms. The summed E-state index contributed by atoms with van der Waals surface area (Å²) in [6, 6.07) is 11.0. The van der Waals surface area contributed by atoms with Gasteiger partial charge in [0, 0.05) is 12.1 Å². The van der Waals surface area contributed by atoms with Gasteiger partial charge >= 0.3 is 0 Å². The Labute approximate surface area is 110 Å². The molecule has 2 aliphatic rings. The van der Waals surface area contributed by atoms with Gasteiger partial charge in [-0.3, -0.25) is 4.90 Å². The number of likely N-dealkylation sites (tertiary alicyclic amines) is 1. The normalized spacial score (nSPS) is 29.6. The molecule has 2 fully saturated rings. The quantitative estimate of drug-likeness (QED) is 0.878. The first-order valence-corrected chi connectivity index (χ1v) is 7.39. The number of nitrogens with zero attached hydrogens (tertiary/aromatic N) is 1. The summed E-state index contributed by atoms with van der Waals surface area (Å²) in [5.74, 6) is 0. The Hall–Kier alpha value is -0.860. The van der Waals surface area contributed by atoms with Crippen LogP contribution in [0.5, 0.6) is 0 Å². The van der Waals surface area contributed by atoms with E-state index in [0.717, 1.165) is 0 Å². The molecule has 0 amide bonds. The first kappa shape index (κ1) is 12.2. The van der Waals surface area contributed by atoms with Crippen molar-refractivity contribution in [1.29, 1.82) is 0 Å². The van der Waals surface area contributed by atoms with Gasteiger partial charge in [-0.1, -0.05) is 36.8 Å². The van der Waals surface area contributed by atoms with Crippen molar-refractivity contribution in [3.05, 3.63) is 35.9 Å². The average Bonchev–Trinajstić information content (AvgIpc) is 2.91. The lowest BCUT2D eigenvalue weighted by molar-refractivity contribution is 0.0811. The zero-order valence-electron chi connectivity index (χ0n) is 11.2. The first-order valence-electron chi connectivity index (χ1n) is 7.39.